The van der Waals surface area contributed by atoms with Gasteiger partial charge in [0.25, 0.3) is 0 Å². The average Bonchev–Trinajstić information content (AvgIpc) is 2.65. The quantitative estimate of drug-likeness (QED) is 0.473. The summed E-state index contributed by atoms with van der Waals surface area (Å²) in [5.74, 6) is -0.169. The van der Waals surface area contributed by atoms with Crippen LogP contribution >= 0.6 is 0 Å². The van der Waals surface area contributed by atoms with E-state index in [4.69, 9.17) is 4.74 Å². The van der Waals surface area contributed by atoms with Crippen molar-refractivity contribution < 1.29 is 14.3 Å². The van der Waals surface area contributed by atoms with E-state index in [2.05, 4.69) is 4.90 Å². The predicted octanol–water partition coefficient (Wildman–Crippen LogP) is 3.23. The molecule has 0 N–H and O–H groups in total. The maximum absolute atomic E-state index is 11.9. The number of allylic oxidation sites excluding steroid dienone is 1. The van der Waals surface area contributed by atoms with Crippen molar-refractivity contribution in [3.8, 4) is 0 Å². The molecule has 1 aromatic carbocycles. The van der Waals surface area contributed by atoms with Crippen LogP contribution in [0, 0.1) is 5.92 Å². The van der Waals surface area contributed by atoms with E-state index >= 15 is 0 Å². The number of nitrogens with zero attached hydrogens (tertiary/aromatic N) is 1. The van der Waals surface area contributed by atoms with Gasteiger partial charge in [0.1, 0.15) is 0 Å². The van der Waals surface area contributed by atoms with Crippen LogP contribution in [0.5, 0.6) is 0 Å². The molecule has 0 aliphatic carbocycles. The Kier molecular flexibility index (Phi) is 5.81. The van der Waals surface area contributed by atoms with E-state index < -0.39 is 5.97 Å². The lowest BCUT2D eigenvalue weighted by atomic mass is 9.84. The van der Waals surface area contributed by atoms with Crippen molar-refractivity contribution in [2.75, 3.05) is 19.7 Å². The Labute approximate surface area is 143 Å². The number of hydrogen-bond donors (Lipinski definition) is 0. The van der Waals surface area contributed by atoms with Gasteiger partial charge in [0.15, 0.2) is 5.78 Å². The number of esters is 1. The number of benzene rings is 1. The van der Waals surface area contributed by atoms with Gasteiger partial charge in [-0.15, -0.1) is 0 Å². The summed E-state index contributed by atoms with van der Waals surface area (Å²) in [4.78, 5) is 26.4. The van der Waals surface area contributed by atoms with E-state index in [1.807, 2.05) is 6.07 Å². The molecule has 2 heterocycles. The molecule has 4 nitrogen and oxygen atoms in total. The SMILES string of the molecule is O=C(C=CC(=O)c1ccccc1)OC[C@H]1CCCN2CCCC[C@H]12. The van der Waals surface area contributed by atoms with Gasteiger partial charge < -0.3 is 4.74 Å². The maximum atomic E-state index is 11.9. The van der Waals surface area contributed by atoms with Crippen molar-refractivity contribution in [3.63, 3.8) is 0 Å². The molecule has 1 aromatic rings. The highest BCUT2D eigenvalue weighted by atomic mass is 16.5. The van der Waals surface area contributed by atoms with Gasteiger partial charge in [-0.3, -0.25) is 9.69 Å². The molecule has 128 valence electrons. The first-order valence-electron chi connectivity index (χ1n) is 8.92. The van der Waals surface area contributed by atoms with E-state index in [9.17, 15) is 9.59 Å². The summed E-state index contributed by atoms with van der Waals surface area (Å²) >= 11 is 0. The summed E-state index contributed by atoms with van der Waals surface area (Å²) < 4.78 is 5.41. The lowest BCUT2D eigenvalue weighted by Crippen LogP contribution is -2.49. The van der Waals surface area contributed by atoms with Gasteiger partial charge in [-0.05, 0) is 44.8 Å². The third-order valence-corrected chi connectivity index (χ3v) is 5.10. The summed E-state index contributed by atoms with van der Waals surface area (Å²) in [5.41, 5.74) is 0.576. The molecule has 2 saturated heterocycles. The molecule has 0 saturated carbocycles. The molecule has 3 rings (SSSR count). The maximum Gasteiger partial charge on any atom is 0.330 e. The number of fused-ring (bicyclic) bond motifs is 1. The number of ether oxygens (including phenoxy) is 1. The average molecular weight is 327 g/mol. The number of rotatable bonds is 5. The molecule has 0 unspecified atom stereocenters. The second-order valence-electron chi connectivity index (χ2n) is 6.70. The predicted molar refractivity (Wildman–Crippen MR) is 92.8 cm³/mol. The number of hydrogen-bond acceptors (Lipinski definition) is 4. The van der Waals surface area contributed by atoms with Crippen LogP contribution in [0.2, 0.25) is 0 Å². The molecule has 2 atom stereocenters. The number of ketones is 1. The monoisotopic (exact) mass is 327 g/mol. The minimum absolute atomic E-state index is 0.177. The van der Waals surface area contributed by atoms with Crippen LogP contribution in [0.1, 0.15) is 42.5 Å². The molecule has 4 heteroatoms. The Balaban J connectivity index is 1.48. The first kappa shape index (κ1) is 16.9. The number of carbonyl (C=O) groups excluding carboxylic acids is 2. The lowest BCUT2D eigenvalue weighted by Gasteiger charge is -2.44. The Morgan fingerprint density at radius 2 is 1.83 bits per heavy atom. The summed E-state index contributed by atoms with van der Waals surface area (Å²) in [6.07, 6.45) is 8.62. The normalized spacial score (nSPS) is 24.5. The topological polar surface area (TPSA) is 46.6 Å². The molecule has 24 heavy (non-hydrogen) atoms. The summed E-state index contributed by atoms with van der Waals surface area (Å²) in [5, 5.41) is 0. The minimum Gasteiger partial charge on any atom is -0.462 e. The number of piperidine rings is 2. The Hall–Kier alpha value is -1.94. The van der Waals surface area contributed by atoms with Gasteiger partial charge in [-0.2, -0.15) is 0 Å². The van der Waals surface area contributed by atoms with Crippen LogP contribution in [-0.2, 0) is 9.53 Å². The number of carbonyl (C=O) groups is 2. The molecule has 0 amide bonds. The van der Waals surface area contributed by atoms with Gasteiger partial charge in [-0.1, -0.05) is 36.8 Å². The van der Waals surface area contributed by atoms with E-state index in [-0.39, 0.29) is 5.78 Å². The van der Waals surface area contributed by atoms with E-state index in [1.54, 1.807) is 24.3 Å². The van der Waals surface area contributed by atoms with Gasteiger partial charge >= 0.3 is 5.97 Å². The van der Waals surface area contributed by atoms with Gasteiger partial charge in [-0.25, -0.2) is 4.79 Å². The summed E-state index contributed by atoms with van der Waals surface area (Å²) in [7, 11) is 0. The van der Waals surface area contributed by atoms with E-state index in [0.717, 1.165) is 6.42 Å². The molecule has 0 aromatic heterocycles. The summed E-state index contributed by atoms with van der Waals surface area (Å²) in [6.45, 7) is 2.82. The zero-order valence-corrected chi connectivity index (χ0v) is 14.0. The molecule has 2 aliphatic heterocycles. The van der Waals surface area contributed by atoms with Crippen molar-refractivity contribution in [2.24, 2.45) is 5.92 Å². The van der Waals surface area contributed by atoms with Crippen molar-refractivity contribution in [3.05, 3.63) is 48.0 Å². The van der Waals surface area contributed by atoms with Gasteiger partial charge in [0.05, 0.1) is 6.61 Å². The Bertz CT molecular complexity index is 594. The highest BCUT2D eigenvalue weighted by Gasteiger charge is 2.33. The fourth-order valence-corrected chi connectivity index (χ4v) is 3.85. The van der Waals surface area contributed by atoms with Crippen molar-refractivity contribution in [2.45, 2.75) is 38.1 Å². The summed E-state index contributed by atoms with van der Waals surface area (Å²) in [6, 6.07) is 9.50. The third kappa shape index (κ3) is 4.32. The van der Waals surface area contributed by atoms with Crippen LogP contribution in [-0.4, -0.2) is 42.4 Å². The highest BCUT2D eigenvalue weighted by molar-refractivity contribution is 6.06. The fourth-order valence-electron chi connectivity index (χ4n) is 3.85. The Morgan fingerprint density at radius 1 is 1.04 bits per heavy atom. The molecule has 0 radical (unpaired) electrons. The molecular weight excluding hydrogens is 302 g/mol. The standard InChI is InChI=1S/C20H25NO3/c22-19(16-7-2-1-3-8-16)11-12-20(23)24-15-17-9-6-14-21-13-5-4-10-18(17)21/h1-3,7-8,11-12,17-18H,4-6,9-10,13-15H2/t17-,18-/m1/s1. The second kappa shape index (κ2) is 8.25. The van der Waals surface area contributed by atoms with Crippen LogP contribution in [0.3, 0.4) is 0 Å². The van der Waals surface area contributed by atoms with Crippen molar-refractivity contribution in [1.82, 2.24) is 4.90 Å². The first-order valence-corrected chi connectivity index (χ1v) is 8.92. The molecular formula is C20H25NO3. The van der Waals surface area contributed by atoms with Crippen LogP contribution in [0.15, 0.2) is 42.5 Å². The highest BCUT2D eigenvalue weighted by Crippen LogP contribution is 2.30. The fraction of sp³-hybridized carbons (Fsp3) is 0.500. The van der Waals surface area contributed by atoms with Crippen LogP contribution in [0.4, 0.5) is 0 Å². The van der Waals surface area contributed by atoms with Gasteiger partial charge in [0, 0.05) is 23.6 Å². The van der Waals surface area contributed by atoms with Crippen LogP contribution in [0.25, 0.3) is 0 Å². The van der Waals surface area contributed by atoms with Crippen molar-refractivity contribution in [1.29, 1.82) is 0 Å². The van der Waals surface area contributed by atoms with E-state index in [0.29, 0.717) is 24.1 Å². The molecule has 2 aliphatic rings. The smallest absolute Gasteiger partial charge is 0.330 e. The third-order valence-electron chi connectivity index (χ3n) is 5.10. The van der Waals surface area contributed by atoms with Crippen molar-refractivity contribution >= 4 is 11.8 Å². The zero-order chi connectivity index (χ0) is 16.8. The van der Waals surface area contributed by atoms with Gasteiger partial charge in [0.2, 0.25) is 0 Å². The largest absolute Gasteiger partial charge is 0.462 e. The Morgan fingerprint density at radius 3 is 2.67 bits per heavy atom. The molecule has 0 bridgehead atoms. The molecule has 0 spiro atoms. The van der Waals surface area contributed by atoms with Crippen LogP contribution < -0.4 is 0 Å². The lowest BCUT2D eigenvalue weighted by molar-refractivity contribution is -0.140. The zero-order valence-electron chi connectivity index (χ0n) is 14.0. The first-order chi connectivity index (χ1) is 11.7. The molecule has 2 fully saturated rings. The van der Waals surface area contributed by atoms with E-state index in [1.165, 1.54) is 50.9 Å². The minimum atomic E-state index is -0.424. The second-order valence-corrected chi connectivity index (χ2v) is 6.70.